The van der Waals surface area contributed by atoms with Gasteiger partial charge >= 0.3 is 20.0 Å². The van der Waals surface area contributed by atoms with Crippen molar-refractivity contribution in [2.24, 2.45) is 11.7 Å². The fourth-order valence-electron chi connectivity index (χ4n) is 0.849. The summed E-state index contributed by atoms with van der Waals surface area (Å²) in [5.41, 5.74) is 5.09. The van der Waals surface area contributed by atoms with Crippen LogP contribution in [0.5, 0.6) is 0 Å². The first-order valence-corrected chi connectivity index (χ1v) is 5.09. The average molecular weight is 224 g/mol. The fourth-order valence-corrected chi connectivity index (χ4v) is 1.53. The molecule has 14 heavy (non-hydrogen) atoms. The summed E-state index contributed by atoms with van der Waals surface area (Å²) in [4.78, 5) is 29.3. The number of nitrogens with two attached hydrogens (primary N) is 1. The molecule has 0 aromatic rings. The van der Waals surface area contributed by atoms with Crippen molar-refractivity contribution in [3.8, 4) is 0 Å². The van der Waals surface area contributed by atoms with E-state index in [-0.39, 0.29) is 6.42 Å². The van der Waals surface area contributed by atoms with Crippen LogP contribution in [-0.2, 0) is 14.2 Å². The lowest BCUT2D eigenvalue weighted by Crippen LogP contribution is -2.35. The van der Waals surface area contributed by atoms with Gasteiger partial charge in [0.1, 0.15) is 12.0 Å². The minimum absolute atomic E-state index is 0.355. The Morgan fingerprint density at radius 2 is 1.79 bits per heavy atom. The SMILES string of the molecule is N[C@@H](CC(C[P+](=O)O)C(=O)O)C(=O)O. The second-order valence-electron chi connectivity index (χ2n) is 2.75. The molecular formula is C6H11NO6P+. The molecule has 0 rings (SSSR count). The lowest BCUT2D eigenvalue weighted by atomic mass is 10.0. The van der Waals surface area contributed by atoms with E-state index in [4.69, 9.17) is 20.8 Å². The van der Waals surface area contributed by atoms with Crippen molar-refractivity contribution >= 4 is 20.0 Å². The van der Waals surface area contributed by atoms with Gasteiger partial charge in [0.2, 0.25) is 0 Å². The van der Waals surface area contributed by atoms with Gasteiger partial charge in [0.25, 0.3) is 0 Å². The summed E-state index contributed by atoms with van der Waals surface area (Å²) in [6.45, 7) is 0. The molecule has 8 heteroatoms. The normalized spacial score (nSPS) is 15.7. The van der Waals surface area contributed by atoms with Crippen LogP contribution in [0.1, 0.15) is 6.42 Å². The molecule has 0 amide bonds. The van der Waals surface area contributed by atoms with Crippen LogP contribution in [0.25, 0.3) is 0 Å². The highest BCUT2D eigenvalue weighted by Gasteiger charge is 2.31. The van der Waals surface area contributed by atoms with Crippen LogP contribution in [0.3, 0.4) is 0 Å². The maximum absolute atomic E-state index is 10.5. The molecule has 0 bridgehead atoms. The zero-order chi connectivity index (χ0) is 11.3. The molecule has 0 saturated carbocycles. The van der Waals surface area contributed by atoms with Crippen molar-refractivity contribution in [3.05, 3.63) is 0 Å². The van der Waals surface area contributed by atoms with Gasteiger partial charge in [-0.05, 0) is 11.0 Å². The number of carboxylic acids is 2. The molecule has 0 spiro atoms. The second kappa shape index (κ2) is 5.64. The van der Waals surface area contributed by atoms with Crippen LogP contribution >= 0.6 is 8.03 Å². The number of hydrogen-bond acceptors (Lipinski definition) is 4. The molecule has 80 valence electrons. The monoisotopic (exact) mass is 224 g/mol. The minimum atomic E-state index is -2.60. The van der Waals surface area contributed by atoms with Gasteiger partial charge in [-0.1, -0.05) is 0 Å². The molecule has 0 aliphatic rings. The highest BCUT2D eigenvalue weighted by atomic mass is 31.1. The molecule has 5 N–H and O–H groups in total. The van der Waals surface area contributed by atoms with Gasteiger partial charge in [-0.15, -0.1) is 0 Å². The third kappa shape index (κ3) is 4.86. The molecule has 0 aliphatic carbocycles. The summed E-state index contributed by atoms with van der Waals surface area (Å²) in [6.07, 6.45) is -0.835. The van der Waals surface area contributed by atoms with Crippen molar-refractivity contribution in [2.45, 2.75) is 12.5 Å². The average Bonchev–Trinajstić information content (AvgIpc) is 2.01. The van der Waals surface area contributed by atoms with Gasteiger partial charge in [-0.2, -0.15) is 4.89 Å². The predicted molar refractivity (Wildman–Crippen MR) is 46.0 cm³/mol. The van der Waals surface area contributed by atoms with Gasteiger partial charge in [-0.3, -0.25) is 9.59 Å². The fraction of sp³-hybridized carbons (Fsp3) is 0.667. The van der Waals surface area contributed by atoms with Gasteiger partial charge < -0.3 is 15.9 Å². The van der Waals surface area contributed by atoms with Crippen molar-refractivity contribution in [2.75, 3.05) is 6.16 Å². The predicted octanol–water partition coefficient (Wildman–Crippen LogP) is -0.776. The molecule has 0 heterocycles. The maximum atomic E-state index is 10.5. The first kappa shape index (κ1) is 13.0. The Morgan fingerprint density at radius 3 is 2.07 bits per heavy atom. The molecule has 3 atom stereocenters. The van der Waals surface area contributed by atoms with Crippen LogP contribution in [0.4, 0.5) is 0 Å². The molecule has 0 radical (unpaired) electrons. The van der Waals surface area contributed by atoms with Crippen LogP contribution in [-0.4, -0.2) is 39.2 Å². The van der Waals surface area contributed by atoms with Crippen LogP contribution in [0.2, 0.25) is 0 Å². The number of carbonyl (C=O) groups is 2. The van der Waals surface area contributed by atoms with Gasteiger partial charge in [-0.25, -0.2) is 0 Å². The van der Waals surface area contributed by atoms with E-state index in [1.807, 2.05) is 0 Å². The summed E-state index contributed by atoms with van der Waals surface area (Å²) in [6, 6.07) is -1.33. The third-order valence-electron chi connectivity index (χ3n) is 1.58. The minimum Gasteiger partial charge on any atom is -0.481 e. The zero-order valence-electron chi connectivity index (χ0n) is 7.16. The van der Waals surface area contributed by atoms with Crippen LogP contribution < -0.4 is 5.73 Å². The number of hydrogen-bond donors (Lipinski definition) is 4. The van der Waals surface area contributed by atoms with Crippen molar-refractivity contribution < 1.29 is 29.3 Å². The van der Waals surface area contributed by atoms with E-state index in [9.17, 15) is 14.2 Å². The first-order valence-electron chi connectivity index (χ1n) is 3.69. The smallest absolute Gasteiger partial charge is 0.481 e. The van der Waals surface area contributed by atoms with E-state index in [1.54, 1.807) is 0 Å². The molecule has 2 unspecified atom stereocenters. The van der Waals surface area contributed by atoms with E-state index in [0.717, 1.165) is 0 Å². The van der Waals surface area contributed by atoms with E-state index >= 15 is 0 Å². The van der Waals surface area contributed by atoms with Crippen LogP contribution in [0, 0.1) is 5.92 Å². The first-order chi connectivity index (χ1) is 6.34. The van der Waals surface area contributed by atoms with E-state index < -0.39 is 38.1 Å². The molecule has 0 aromatic carbocycles. The van der Waals surface area contributed by atoms with E-state index in [0.29, 0.717) is 0 Å². The summed E-state index contributed by atoms with van der Waals surface area (Å²) >= 11 is 0. The highest BCUT2D eigenvalue weighted by Crippen LogP contribution is 2.21. The van der Waals surface area contributed by atoms with Gasteiger partial charge in [0, 0.05) is 0 Å². The number of rotatable bonds is 6. The standard InChI is InChI=1S/C6H10NO6P/c7-4(6(10)11)1-3(5(8)9)2-14(12)13/h3-4H,1-2,7H2,(H2-,8,9,10,11,12,13)/p+1/t3?,4-/m0/s1. The Kier molecular flexibility index (Phi) is 5.22. The molecule has 0 aliphatic heterocycles. The van der Waals surface area contributed by atoms with E-state index in [1.165, 1.54) is 0 Å². The largest absolute Gasteiger partial charge is 0.506 e. The Hall–Kier alpha value is -1.04. The summed E-state index contributed by atoms with van der Waals surface area (Å²) in [5.74, 6) is -3.85. The summed E-state index contributed by atoms with van der Waals surface area (Å²) in [5, 5.41) is 17.0. The third-order valence-corrected chi connectivity index (χ3v) is 2.33. The quantitative estimate of drug-likeness (QED) is 0.434. The van der Waals surface area contributed by atoms with Gasteiger partial charge in [0.15, 0.2) is 6.16 Å². The molecule has 7 nitrogen and oxygen atoms in total. The topological polar surface area (TPSA) is 138 Å². The van der Waals surface area contributed by atoms with Gasteiger partial charge in [0.05, 0.1) is 0 Å². The zero-order valence-corrected chi connectivity index (χ0v) is 8.05. The Labute approximate surface area is 80.4 Å². The Morgan fingerprint density at radius 1 is 1.29 bits per heavy atom. The molecule has 0 aromatic heterocycles. The Balaban J connectivity index is 4.30. The number of carboxylic acid groups (broad SMARTS) is 2. The maximum Gasteiger partial charge on any atom is 0.506 e. The summed E-state index contributed by atoms with van der Waals surface area (Å²) < 4.78 is 10.4. The lowest BCUT2D eigenvalue weighted by molar-refractivity contribution is -0.142. The molecule has 0 fully saturated rings. The van der Waals surface area contributed by atoms with E-state index in [2.05, 4.69) is 0 Å². The van der Waals surface area contributed by atoms with Crippen molar-refractivity contribution in [1.29, 1.82) is 0 Å². The molecule has 0 saturated heterocycles. The molecular weight excluding hydrogens is 213 g/mol. The lowest BCUT2D eigenvalue weighted by Gasteiger charge is -2.09. The Bertz CT molecular complexity index is 255. The van der Waals surface area contributed by atoms with Crippen LogP contribution in [0.15, 0.2) is 0 Å². The summed E-state index contributed by atoms with van der Waals surface area (Å²) in [7, 11) is -2.60. The second-order valence-corrected chi connectivity index (χ2v) is 3.82. The van der Waals surface area contributed by atoms with Crippen molar-refractivity contribution in [3.63, 3.8) is 0 Å². The highest BCUT2D eigenvalue weighted by molar-refractivity contribution is 7.38. The van der Waals surface area contributed by atoms with Crippen molar-refractivity contribution in [1.82, 2.24) is 0 Å². The number of aliphatic carboxylic acids is 2.